The van der Waals surface area contributed by atoms with Crippen molar-refractivity contribution < 1.29 is 9.59 Å². The van der Waals surface area contributed by atoms with E-state index < -0.39 is 6.04 Å². The van der Waals surface area contributed by atoms with E-state index in [1.54, 1.807) is 6.92 Å². The molecular weight excluding hydrogens is 302 g/mol. The third-order valence-electron chi connectivity index (χ3n) is 4.93. The van der Waals surface area contributed by atoms with Gasteiger partial charge in [0.05, 0.1) is 6.04 Å². The van der Waals surface area contributed by atoms with Crippen molar-refractivity contribution in [2.75, 3.05) is 0 Å². The zero-order chi connectivity index (χ0) is 15.4. The van der Waals surface area contributed by atoms with Gasteiger partial charge in [-0.05, 0) is 45.4 Å². The van der Waals surface area contributed by atoms with Crippen molar-refractivity contribution in [3.05, 3.63) is 0 Å². The zero-order valence-corrected chi connectivity index (χ0v) is 14.7. The number of hydrogen-bond acceptors (Lipinski definition) is 3. The Labute approximate surface area is 139 Å². The molecule has 0 aromatic heterocycles. The minimum Gasteiger partial charge on any atom is -0.352 e. The Hall–Kier alpha value is -0.810. The lowest BCUT2D eigenvalue weighted by Gasteiger charge is -2.24. The highest BCUT2D eigenvalue weighted by atomic mass is 35.5. The molecule has 0 radical (unpaired) electrons. The lowest BCUT2D eigenvalue weighted by molar-refractivity contribution is -0.129. The number of hydrogen-bond donors (Lipinski definition) is 3. The average molecular weight is 332 g/mol. The topological polar surface area (TPSA) is 70.2 Å². The summed E-state index contributed by atoms with van der Waals surface area (Å²) in [5.74, 6) is 0.503. The fourth-order valence-corrected chi connectivity index (χ4v) is 3.37. The number of fused-ring (bicyclic) bond motifs is 1. The number of halogens is 1. The molecule has 2 fully saturated rings. The molecule has 1 heterocycles. The number of amides is 2. The molecule has 1 saturated carbocycles. The molecule has 0 bridgehead atoms. The van der Waals surface area contributed by atoms with Gasteiger partial charge in [-0.3, -0.25) is 9.59 Å². The predicted octanol–water partition coefficient (Wildman–Crippen LogP) is 1.75. The van der Waals surface area contributed by atoms with E-state index in [9.17, 15) is 9.59 Å². The summed E-state index contributed by atoms with van der Waals surface area (Å²) in [6, 6.07) is 0.0379. The second kappa shape index (κ2) is 8.73. The van der Waals surface area contributed by atoms with E-state index in [-0.39, 0.29) is 36.3 Å². The number of carbonyl (C=O) groups is 2. The Kier molecular flexibility index (Phi) is 7.63. The number of rotatable bonds is 5. The van der Waals surface area contributed by atoms with Crippen LogP contribution in [0.4, 0.5) is 0 Å². The Morgan fingerprint density at radius 1 is 1.18 bits per heavy atom. The first-order valence-electron chi connectivity index (χ1n) is 8.38. The van der Waals surface area contributed by atoms with E-state index in [2.05, 4.69) is 16.0 Å². The fraction of sp³-hybridized carbons (Fsp3) is 0.875. The van der Waals surface area contributed by atoms with Crippen molar-refractivity contribution in [3.63, 3.8) is 0 Å². The Bertz CT molecular complexity index is 378. The summed E-state index contributed by atoms with van der Waals surface area (Å²) >= 11 is 0. The van der Waals surface area contributed by atoms with Crippen molar-refractivity contribution in [1.82, 2.24) is 16.0 Å². The Morgan fingerprint density at radius 2 is 1.86 bits per heavy atom. The molecule has 128 valence electrons. The summed E-state index contributed by atoms with van der Waals surface area (Å²) in [6.07, 6.45) is 6.75. The van der Waals surface area contributed by atoms with Gasteiger partial charge in [-0.1, -0.05) is 19.8 Å². The summed E-state index contributed by atoms with van der Waals surface area (Å²) < 4.78 is 0. The van der Waals surface area contributed by atoms with E-state index in [4.69, 9.17) is 0 Å². The Balaban J connectivity index is 0.00000242. The second-order valence-corrected chi connectivity index (χ2v) is 6.65. The maximum Gasteiger partial charge on any atom is 0.242 e. The molecule has 5 atom stereocenters. The number of nitrogens with one attached hydrogen (secondary N) is 3. The molecule has 2 aliphatic rings. The molecule has 0 aromatic rings. The van der Waals surface area contributed by atoms with Crippen LogP contribution in [0, 0.1) is 5.92 Å². The molecule has 5 nitrogen and oxygen atoms in total. The van der Waals surface area contributed by atoms with Crippen LogP contribution < -0.4 is 16.0 Å². The van der Waals surface area contributed by atoms with Gasteiger partial charge in [0.1, 0.15) is 6.04 Å². The van der Waals surface area contributed by atoms with Crippen molar-refractivity contribution in [1.29, 1.82) is 0 Å². The SMILES string of the molecule is CCC(C)NC(=O)C(C)NC(=O)C1CC2CCCCC2N1.Cl. The monoisotopic (exact) mass is 331 g/mol. The first-order valence-corrected chi connectivity index (χ1v) is 8.38. The van der Waals surface area contributed by atoms with E-state index >= 15 is 0 Å². The smallest absolute Gasteiger partial charge is 0.242 e. The largest absolute Gasteiger partial charge is 0.352 e. The van der Waals surface area contributed by atoms with Crippen LogP contribution in [-0.2, 0) is 9.59 Å². The standard InChI is InChI=1S/C16H29N3O2.ClH/c1-4-10(2)17-15(20)11(3)18-16(21)14-9-12-7-5-6-8-13(12)19-14;/h10-14,19H,4-9H2,1-3H3,(H,17,20)(H,18,21);1H. The Morgan fingerprint density at radius 3 is 2.50 bits per heavy atom. The average Bonchev–Trinajstić information content (AvgIpc) is 2.90. The van der Waals surface area contributed by atoms with Gasteiger partial charge in [-0.15, -0.1) is 12.4 Å². The lowest BCUT2D eigenvalue weighted by atomic mass is 9.85. The van der Waals surface area contributed by atoms with Gasteiger partial charge in [-0.2, -0.15) is 0 Å². The summed E-state index contributed by atoms with van der Waals surface area (Å²) in [6.45, 7) is 5.74. The van der Waals surface area contributed by atoms with Gasteiger partial charge in [-0.25, -0.2) is 0 Å². The molecular formula is C16H30ClN3O2. The first-order chi connectivity index (χ1) is 10.0. The van der Waals surface area contributed by atoms with Crippen LogP contribution in [-0.4, -0.2) is 36.0 Å². The highest BCUT2D eigenvalue weighted by molar-refractivity contribution is 5.89. The van der Waals surface area contributed by atoms with Crippen LogP contribution in [0.3, 0.4) is 0 Å². The van der Waals surface area contributed by atoms with Crippen molar-refractivity contribution in [2.45, 2.75) is 83.5 Å². The van der Waals surface area contributed by atoms with E-state index in [1.165, 1.54) is 25.7 Å². The van der Waals surface area contributed by atoms with Crippen LogP contribution in [0.2, 0.25) is 0 Å². The van der Waals surface area contributed by atoms with Gasteiger partial charge in [0.2, 0.25) is 11.8 Å². The fourth-order valence-electron chi connectivity index (χ4n) is 3.37. The van der Waals surface area contributed by atoms with Gasteiger partial charge in [0.15, 0.2) is 0 Å². The maximum absolute atomic E-state index is 12.3. The van der Waals surface area contributed by atoms with Crippen LogP contribution >= 0.6 is 12.4 Å². The molecule has 1 saturated heterocycles. The third-order valence-corrected chi connectivity index (χ3v) is 4.93. The molecule has 1 aliphatic carbocycles. The van der Waals surface area contributed by atoms with Gasteiger partial charge in [0.25, 0.3) is 0 Å². The van der Waals surface area contributed by atoms with Crippen LogP contribution in [0.1, 0.15) is 59.3 Å². The highest BCUT2D eigenvalue weighted by Gasteiger charge is 2.38. The summed E-state index contributed by atoms with van der Waals surface area (Å²) in [4.78, 5) is 24.3. The van der Waals surface area contributed by atoms with Crippen LogP contribution in [0.15, 0.2) is 0 Å². The van der Waals surface area contributed by atoms with E-state index in [0.717, 1.165) is 12.8 Å². The molecule has 22 heavy (non-hydrogen) atoms. The van der Waals surface area contributed by atoms with E-state index in [0.29, 0.717) is 12.0 Å². The summed E-state index contributed by atoms with van der Waals surface area (Å²) in [7, 11) is 0. The quantitative estimate of drug-likeness (QED) is 0.718. The lowest BCUT2D eigenvalue weighted by Crippen LogP contribution is -2.52. The van der Waals surface area contributed by atoms with Crippen LogP contribution in [0.5, 0.6) is 0 Å². The minimum atomic E-state index is -0.476. The first kappa shape index (κ1) is 19.2. The highest BCUT2D eigenvalue weighted by Crippen LogP contribution is 2.33. The number of carbonyl (C=O) groups excluding carboxylic acids is 2. The molecule has 3 N–H and O–H groups in total. The molecule has 0 spiro atoms. The normalized spacial score (nSPS) is 29.7. The molecule has 0 aromatic carbocycles. The summed E-state index contributed by atoms with van der Waals surface area (Å²) in [5.41, 5.74) is 0. The van der Waals surface area contributed by atoms with Crippen LogP contribution in [0.25, 0.3) is 0 Å². The van der Waals surface area contributed by atoms with Gasteiger partial charge in [0, 0.05) is 12.1 Å². The van der Waals surface area contributed by atoms with Gasteiger partial charge >= 0.3 is 0 Å². The van der Waals surface area contributed by atoms with Gasteiger partial charge < -0.3 is 16.0 Å². The third kappa shape index (κ3) is 4.85. The van der Waals surface area contributed by atoms with Crippen molar-refractivity contribution >= 4 is 24.2 Å². The minimum absolute atomic E-state index is 0. The molecule has 2 rings (SSSR count). The van der Waals surface area contributed by atoms with Crippen molar-refractivity contribution in [3.8, 4) is 0 Å². The zero-order valence-electron chi connectivity index (χ0n) is 13.9. The molecule has 1 aliphatic heterocycles. The summed E-state index contributed by atoms with van der Waals surface area (Å²) in [5, 5.41) is 9.19. The maximum atomic E-state index is 12.3. The second-order valence-electron chi connectivity index (χ2n) is 6.65. The van der Waals surface area contributed by atoms with Crippen molar-refractivity contribution in [2.24, 2.45) is 5.92 Å². The predicted molar refractivity (Wildman–Crippen MR) is 90.0 cm³/mol. The van der Waals surface area contributed by atoms with E-state index in [1.807, 2.05) is 13.8 Å². The molecule has 2 amide bonds. The molecule has 5 unspecified atom stereocenters. The molecule has 6 heteroatoms.